The number of benzene rings is 1. The summed E-state index contributed by atoms with van der Waals surface area (Å²) < 4.78 is 23.3. The largest absolute Gasteiger partial charge is 0.388 e. The van der Waals surface area contributed by atoms with Crippen molar-refractivity contribution in [3.63, 3.8) is 0 Å². The first-order valence-electron chi connectivity index (χ1n) is 17.8. The molecule has 1 unspecified atom stereocenters. The number of amides is 2. The highest BCUT2D eigenvalue weighted by molar-refractivity contribution is 5.74. The van der Waals surface area contributed by atoms with Gasteiger partial charge in [0.1, 0.15) is 24.4 Å². The van der Waals surface area contributed by atoms with Gasteiger partial charge in [-0.05, 0) is 31.1 Å². The van der Waals surface area contributed by atoms with Gasteiger partial charge >= 0.3 is 6.03 Å². The predicted molar refractivity (Wildman–Crippen MR) is 182 cm³/mol. The molecule has 2 fully saturated rings. The summed E-state index contributed by atoms with van der Waals surface area (Å²) >= 11 is 0. The molecule has 0 spiro atoms. The van der Waals surface area contributed by atoms with Gasteiger partial charge in [-0.2, -0.15) is 0 Å². The van der Waals surface area contributed by atoms with Crippen LogP contribution in [0.4, 0.5) is 4.79 Å². The second-order valence-corrected chi connectivity index (χ2v) is 12.4. The van der Waals surface area contributed by atoms with E-state index in [0.29, 0.717) is 6.54 Å². The van der Waals surface area contributed by atoms with Crippen LogP contribution in [-0.2, 0) is 18.9 Å². The molecule has 0 saturated carbocycles. The third-order valence-corrected chi connectivity index (χ3v) is 8.63. The van der Waals surface area contributed by atoms with Crippen LogP contribution in [0.2, 0.25) is 0 Å². The molecule has 2 aliphatic rings. The Balaban J connectivity index is 1.18. The van der Waals surface area contributed by atoms with Crippen molar-refractivity contribution in [2.24, 2.45) is 0 Å². The van der Waals surface area contributed by atoms with Crippen LogP contribution in [-0.4, -0.2) is 62.0 Å². The number of rotatable bonds is 20. The van der Waals surface area contributed by atoms with Crippen LogP contribution in [0.5, 0.6) is 0 Å². The number of carbonyl (C=O) groups is 1. The fourth-order valence-corrected chi connectivity index (χ4v) is 5.91. The number of hydrogen-bond acceptors (Lipinski definition) is 6. The fourth-order valence-electron chi connectivity index (χ4n) is 5.91. The maximum atomic E-state index is 12.6. The van der Waals surface area contributed by atoms with Gasteiger partial charge in [0.05, 0.1) is 6.61 Å². The molecule has 3 N–H and O–H groups in total. The van der Waals surface area contributed by atoms with E-state index in [9.17, 15) is 9.90 Å². The van der Waals surface area contributed by atoms with Crippen molar-refractivity contribution < 1.29 is 28.8 Å². The smallest absolute Gasteiger partial charge is 0.315 e. The molecule has 0 bridgehead atoms. The maximum Gasteiger partial charge on any atom is 0.315 e. The number of carbonyl (C=O) groups excluding carboxylic acids is 1. The number of hydrogen-bond donors (Lipinski definition) is 3. The number of nitrogens with one attached hydrogen (secondary N) is 2. The van der Waals surface area contributed by atoms with Crippen LogP contribution in [0.1, 0.15) is 128 Å². The zero-order chi connectivity index (χ0) is 32.7. The molecule has 8 nitrogen and oxygen atoms in total. The highest BCUT2D eigenvalue weighted by Crippen LogP contribution is 2.34. The maximum absolute atomic E-state index is 12.6. The summed E-state index contributed by atoms with van der Waals surface area (Å²) in [6.07, 6.45) is 16.8. The molecule has 8 heteroatoms. The fraction of sp³-hybridized carbons (Fsp3) is 0.711. The first-order chi connectivity index (χ1) is 22.6. The van der Waals surface area contributed by atoms with Crippen molar-refractivity contribution in [1.82, 2.24) is 10.6 Å². The lowest BCUT2D eigenvalue weighted by molar-refractivity contribution is -0.340. The SMILES string of the molecule is CCCCCCCCCCC#CC#CCCCCCCCCCNC(=O)N[C@H]1[C@@H](OC)O[C@@H]2COC(c3ccccc3)O[C@H]2[C@@H]1O. The quantitative estimate of drug-likeness (QED) is 0.104. The van der Waals surface area contributed by atoms with Crippen molar-refractivity contribution in [1.29, 1.82) is 0 Å². The van der Waals surface area contributed by atoms with E-state index in [1.165, 1.54) is 77.7 Å². The normalized spacial score (nSPS) is 23.7. The Labute approximate surface area is 278 Å². The van der Waals surface area contributed by atoms with E-state index < -0.39 is 36.9 Å². The second-order valence-electron chi connectivity index (χ2n) is 12.4. The molecule has 2 heterocycles. The topological polar surface area (TPSA) is 98.3 Å². The molecule has 0 aromatic heterocycles. The number of fused-ring (bicyclic) bond motifs is 1. The molecule has 0 aliphatic carbocycles. The van der Waals surface area contributed by atoms with Gasteiger partial charge < -0.3 is 34.7 Å². The lowest BCUT2D eigenvalue weighted by Gasteiger charge is -2.47. The number of ether oxygens (including phenoxy) is 4. The molecule has 2 saturated heterocycles. The minimum absolute atomic E-state index is 0.253. The Morgan fingerprint density at radius 1 is 0.848 bits per heavy atom. The molecule has 1 aromatic rings. The molecule has 46 heavy (non-hydrogen) atoms. The number of urea groups is 1. The van der Waals surface area contributed by atoms with Gasteiger partial charge in [-0.3, -0.25) is 0 Å². The van der Waals surface area contributed by atoms with Crippen LogP contribution >= 0.6 is 0 Å². The average Bonchev–Trinajstić information content (AvgIpc) is 3.08. The number of methoxy groups -OCH3 is 1. The highest BCUT2D eigenvalue weighted by Gasteiger charge is 2.50. The molecule has 256 valence electrons. The lowest BCUT2D eigenvalue weighted by Crippen LogP contribution is -2.67. The Morgan fingerprint density at radius 3 is 2.04 bits per heavy atom. The van der Waals surface area contributed by atoms with E-state index in [1.807, 2.05) is 30.3 Å². The van der Waals surface area contributed by atoms with Crippen LogP contribution in [0, 0.1) is 23.7 Å². The Hall–Kier alpha value is -2.59. The first-order valence-corrected chi connectivity index (χ1v) is 17.8. The molecule has 2 aliphatic heterocycles. The summed E-state index contributed by atoms with van der Waals surface area (Å²) in [6.45, 7) is 3.08. The standard InChI is InChI=1S/C38H58N2O6/c1-3-4-5-6-7-8-9-10-11-12-13-14-15-16-17-18-19-20-21-22-26-29-39-38(42)40-33-34(41)35-32(45-37(33)43-2)30-44-36(46-35)31-27-24-23-25-28-31/h23-25,27-28,32-37,41H,3-11,16-22,26,29-30H2,1-2H3,(H2,39,40,42)/t32-,33-,34-,35-,36?,37+/m1/s1. The minimum Gasteiger partial charge on any atom is -0.388 e. The van der Waals surface area contributed by atoms with Crippen molar-refractivity contribution in [2.75, 3.05) is 20.3 Å². The Kier molecular flexibility index (Phi) is 19.5. The zero-order valence-electron chi connectivity index (χ0n) is 28.3. The van der Waals surface area contributed by atoms with Crippen LogP contribution in [0.15, 0.2) is 30.3 Å². The molecule has 1 aromatic carbocycles. The van der Waals surface area contributed by atoms with Gasteiger partial charge in [-0.1, -0.05) is 126 Å². The van der Waals surface area contributed by atoms with E-state index in [0.717, 1.165) is 44.1 Å². The average molecular weight is 639 g/mol. The second kappa shape index (κ2) is 23.7. The summed E-state index contributed by atoms with van der Waals surface area (Å²) in [5.74, 6) is 12.4. The van der Waals surface area contributed by atoms with E-state index in [-0.39, 0.29) is 12.6 Å². The van der Waals surface area contributed by atoms with Crippen molar-refractivity contribution in [3.05, 3.63) is 35.9 Å². The molecular weight excluding hydrogens is 580 g/mol. The lowest BCUT2D eigenvalue weighted by atomic mass is 9.96. The van der Waals surface area contributed by atoms with E-state index in [1.54, 1.807) is 0 Å². The third kappa shape index (κ3) is 14.4. The monoisotopic (exact) mass is 638 g/mol. The van der Waals surface area contributed by atoms with Crippen LogP contribution < -0.4 is 10.6 Å². The molecule has 3 rings (SSSR count). The van der Waals surface area contributed by atoms with Gasteiger partial charge in [0.15, 0.2) is 12.6 Å². The van der Waals surface area contributed by atoms with E-state index >= 15 is 0 Å². The Morgan fingerprint density at radius 2 is 1.43 bits per heavy atom. The van der Waals surface area contributed by atoms with Crippen LogP contribution in [0.3, 0.4) is 0 Å². The van der Waals surface area contributed by atoms with Gasteiger partial charge in [0.25, 0.3) is 0 Å². The summed E-state index contributed by atoms with van der Waals surface area (Å²) in [4.78, 5) is 12.6. The predicted octanol–water partition coefficient (Wildman–Crippen LogP) is 7.16. The number of aliphatic hydroxyl groups excluding tert-OH is 1. The molecule has 0 radical (unpaired) electrons. The molecule has 2 amide bonds. The summed E-state index contributed by atoms with van der Waals surface area (Å²) in [5.41, 5.74) is 0.860. The summed E-state index contributed by atoms with van der Waals surface area (Å²) in [7, 11) is 1.49. The zero-order valence-corrected chi connectivity index (χ0v) is 28.3. The van der Waals surface area contributed by atoms with Gasteiger partial charge in [-0.25, -0.2) is 4.79 Å². The summed E-state index contributed by atoms with van der Waals surface area (Å²) in [5, 5.41) is 16.9. The van der Waals surface area contributed by atoms with E-state index in [4.69, 9.17) is 18.9 Å². The van der Waals surface area contributed by atoms with Gasteiger partial charge in [0, 0.05) is 32.1 Å². The van der Waals surface area contributed by atoms with Gasteiger partial charge in [0.2, 0.25) is 0 Å². The van der Waals surface area contributed by atoms with Crippen molar-refractivity contribution in [2.45, 2.75) is 153 Å². The van der Waals surface area contributed by atoms with Crippen molar-refractivity contribution >= 4 is 6.03 Å². The summed E-state index contributed by atoms with van der Waals surface area (Å²) in [6, 6.07) is 8.42. The highest BCUT2D eigenvalue weighted by atomic mass is 16.7. The van der Waals surface area contributed by atoms with Crippen molar-refractivity contribution in [3.8, 4) is 23.7 Å². The molecular formula is C38H58N2O6. The first kappa shape index (κ1) is 37.9. The van der Waals surface area contributed by atoms with E-state index in [2.05, 4.69) is 41.2 Å². The third-order valence-electron chi connectivity index (χ3n) is 8.63. The number of aliphatic hydroxyl groups is 1. The Bertz CT molecular complexity index is 1080. The van der Waals surface area contributed by atoms with Gasteiger partial charge in [-0.15, -0.1) is 0 Å². The van der Waals surface area contributed by atoms with Crippen LogP contribution in [0.25, 0.3) is 0 Å². The number of unbranched alkanes of at least 4 members (excludes halogenated alkanes) is 15. The minimum atomic E-state index is -1.02. The molecule has 6 atom stereocenters.